The summed E-state index contributed by atoms with van der Waals surface area (Å²) >= 11 is 0. The summed E-state index contributed by atoms with van der Waals surface area (Å²) in [5.41, 5.74) is -1.05. The lowest BCUT2D eigenvalue weighted by Gasteiger charge is -2.39. The van der Waals surface area contributed by atoms with Crippen LogP contribution in [0.2, 0.25) is 0 Å². The number of aliphatic hydroxyl groups excluding tert-OH is 4. The molecule has 0 bridgehead atoms. The van der Waals surface area contributed by atoms with E-state index in [9.17, 15) is 43.2 Å². The largest absolute Gasteiger partial charge is 0.461 e. The molecule has 0 saturated carbocycles. The third kappa shape index (κ3) is 5.60. The van der Waals surface area contributed by atoms with Gasteiger partial charge >= 0.3 is 6.18 Å². The van der Waals surface area contributed by atoms with Crippen LogP contribution in [-0.4, -0.2) is 83.6 Å². The highest BCUT2D eigenvalue weighted by Gasteiger charge is 2.45. The zero-order chi connectivity index (χ0) is 26.8. The number of carbonyl (C=O) groups is 2. The SMILES string of the molecule is CNC(=O)c1cc(C(=O)NC)cc(-c2ccc(OC3OC(CO)C(O)C(O)C3O)c(C(F)(F)F)c2)c1. The van der Waals surface area contributed by atoms with Crippen molar-refractivity contribution in [3.8, 4) is 16.9 Å². The smallest absolute Gasteiger partial charge is 0.419 e. The number of rotatable bonds is 6. The monoisotopic (exact) mass is 514 g/mol. The maximum Gasteiger partial charge on any atom is 0.419 e. The lowest BCUT2D eigenvalue weighted by molar-refractivity contribution is -0.278. The Morgan fingerprint density at radius 2 is 1.50 bits per heavy atom. The first kappa shape index (κ1) is 27.4. The maximum absolute atomic E-state index is 14.0. The van der Waals surface area contributed by atoms with E-state index in [4.69, 9.17) is 9.47 Å². The van der Waals surface area contributed by atoms with Crippen LogP contribution in [-0.2, 0) is 10.9 Å². The van der Waals surface area contributed by atoms with Crippen molar-refractivity contribution in [1.29, 1.82) is 0 Å². The number of ether oxygens (including phenoxy) is 2. The summed E-state index contributed by atoms with van der Waals surface area (Å²) in [4.78, 5) is 24.3. The average molecular weight is 514 g/mol. The zero-order valence-electron chi connectivity index (χ0n) is 19.1. The molecular formula is C23H25F3N2O8. The summed E-state index contributed by atoms with van der Waals surface area (Å²) in [5.74, 6) is -1.87. The topological polar surface area (TPSA) is 158 Å². The van der Waals surface area contributed by atoms with Crippen LogP contribution in [0.25, 0.3) is 11.1 Å². The second-order valence-electron chi connectivity index (χ2n) is 7.98. The number of nitrogens with one attached hydrogen (secondary N) is 2. The molecule has 1 saturated heterocycles. The van der Waals surface area contributed by atoms with Crippen molar-refractivity contribution in [2.45, 2.75) is 36.9 Å². The van der Waals surface area contributed by atoms with Crippen LogP contribution < -0.4 is 15.4 Å². The molecule has 1 aliphatic rings. The molecule has 13 heteroatoms. The molecule has 196 valence electrons. The normalized spacial score (nSPS) is 24.2. The first-order chi connectivity index (χ1) is 16.9. The Hall–Kier alpha value is -3.23. The zero-order valence-corrected chi connectivity index (χ0v) is 19.1. The van der Waals surface area contributed by atoms with Crippen LogP contribution in [0.1, 0.15) is 26.3 Å². The molecule has 36 heavy (non-hydrogen) atoms. The van der Waals surface area contributed by atoms with Gasteiger partial charge in [0.05, 0.1) is 12.2 Å². The minimum atomic E-state index is -4.94. The molecule has 5 unspecified atom stereocenters. The van der Waals surface area contributed by atoms with Crippen molar-refractivity contribution in [3.63, 3.8) is 0 Å². The Kier molecular flexibility index (Phi) is 8.21. The van der Waals surface area contributed by atoms with E-state index in [2.05, 4.69) is 10.6 Å². The molecule has 5 atom stereocenters. The van der Waals surface area contributed by atoms with Gasteiger partial charge in [0.25, 0.3) is 11.8 Å². The summed E-state index contributed by atoms with van der Waals surface area (Å²) in [6.07, 6.45) is -13.6. The number of halogens is 3. The molecule has 2 amide bonds. The predicted molar refractivity (Wildman–Crippen MR) is 118 cm³/mol. The molecule has 1 heterocycles. The van der Waals surface area contributed by atoms with Gasteiger partial charge < -0.3 is 40.5 Å². The van der Waals surface area contributed by atoms with Crippen LogP contribution in [0.4, 0.5) is 13.2 Å². The Morgan fingerprint density at radius 1 is 0.917 bits per heavy atom. The van der Waals surface area contributed by atoms with E-state index in [1.54, 1.807) is 0 Å². The van der Waals surface area contributed by atoms with E-state index >= 15 is 0 Å². The lowest BCUT2D eigenvalue weighted by atomic mass is 9.97. The van der Waals surface area contributed by atoms with Crippen molar-refractivity contribution in [2.75, 3.05) is 20.7 Å². The Morgan fingerprint density at radius 3 is 2.00 bits per heavy atom. The van der Waals surface area contributed by atoms with Crippen LogP contribution >= 0.6 is 0 Å². The number of carbonyl (C=O) groups excluding carboxylic acids is 2. The van der Waals surface area contributed by atoms with Gasteiger partial charge in [-0.2, -0.15) is 13.2 Å². The van der Waals surface area contributed by atoms with E-state index in [-0.39, 0.29) is 22.3 Å². The summed E-state index contributed by atoms with van der Waals surface area (Å²) < 4.78 is 52.2. The second-order valence-corrected chi connectivity index (χ2v) is 7.98. The predicted octanol–water partition coefficient (Wildman–Crippen LogP) is 0.270. The first-order valence-electron chi connectivity index (χ1n) is 10.7. The number of amides is 2. The van der Waals surface area contributed by atoms with Gasteiger partial charge in [0.2, 0.25) is 6.29 Å². The van der Waals surface area contributed by atoms with Gasteiger partial charge in [0.15, 0.2) is 0 Å². The fraction of sp³-hybridized carbons (Fsp3) is 0.391. The molecule has 2 aromatic rings. The molecule has 2 aromatic carbocycles. The number of alkyl halides is 3. The molecular weight excluding hydrogens is 489 g/mol. The lowest BCUT2D eigenvalue weighted by Crippen LogP contribution is -2.60. The van der Waals surface area contributed by atoms with Gasteiger partial charge in [-0.25, -0.2) is 0 Å². The Bertz CT molecular complexity index is 1090. The summed E-state index contributed by atoms with van der Waals surface area (Å²) in [7, 11) is 2.73. The third-order valence-electron chi connectivity index (χ3n) is 5.62. The van der Waals surface area contributed by atoms with Crippen molar-refractivity contribution in [1.82, 2.24) is 10.6 Å². The van der Waals surface area contributed by atoms with Gasteiger partial charge in [-0.3, -0.25) is 9.59 Å². The third-order valence-corrected chi connectivity index (χ3v) is 5.62. The molecule has 3 rings (SSSR count). The minimum absolute atomic E-state index is 0.000571. The van der Waals surface area contributed by atoms with Gasteiger partial charge in [-0.15, -0.1) is 0 Å². The maximum atomic E-state index is 14.0. The summed E-state index contributed by atoms with van der Waals surface area (Å²) in [5, 5.41) is 43.9. The molecule has 0 radical (unpaired) electrons. The highest BCUT2D eigenvalue weighted by molar-refractivity contribution is 6.01. The van der Waals surface area contributed by atoms with E-state index in [0.717, 1.165) is 12.1 Å². The summed E-state index contributed by atoms with van der Waals surface area (Å²) in [6.45, 7) is -0.786. The van der Waals surface area contributed by atoms with Crippen molar-refractivity contribution in [3.05, 3.63) is 53.1 Å². The number of aliphatic hydroxyl groups is 4. The number of hydrogen-bond donors (Lipinski definition) is 6. The van der Waals surface area contributed by atoms with Crippen LogP contribution in [0, 0.1) is 0 Å². The van der Waals surface area contributed by atoms with Crippen molar-refractivity contribution >= 4 is 11.8 Å². The van der Waals surface area contributed by atoms with Gasteiger partial charge in [-0.05, 0) is 41.5 Å². The molecule has 0 spiro atoms. The number of hydrogen-bond acceptors (Lipinski definition) is 8. The van der Waals surface area contributed by atoms with Crippen LogP contribution in [0.3, 0.4) is 0 Å². The van der Waals surface area contributed by atoms with E-state index < -0.39 is 66.6 Å². The Labute approximate surface area is 203 Å². The highest BCUT2D eigenvalue weighted by Crippen LogP contribution is 2.40. The number of benzene rings is 2. The van der Waals surface area contributed by atoms with Crippen molar-refractivity contribution < 1.29 is 52.7 Å². The average Bonchev–Trinajstić information content (AvgIpc) is 2.87. The van der Waals surface area contributed by atoms with Gasteiger partial charge in [0, 0.05) is 25.2 Å². The quantitative estimate of drug-likeness (QED) is 0.321. The van der Waals surface area contributed by atoms with Crippen LogP contribution in [0.5, 0.6) is 5.75 Å². The molecule has 10 nitrogen and oxygen atoms in total. The van der Waals surface area contributed by atoms with Crippen LogP contribution in [0.15, 0.2) is 36.4 Å². The standard InChI is InChI=1S/C23H25F3N2O8/c1-27-20(33)12-5-11(6-13(7-12)21(34)28-2)10-3-4-15(14(8-10)23(24,25)26)35-22-19(32)18(31)17(30)16(9-29)36-22/h3-8,16-19,22,29-32H,9H2,1-2H3,(H,27,33)(H,28,34). The van der Waals surface area contributed by atoms with Gasteiger partial charge in [-0.1, -0.05) is 6.07 Å². The van der Waals surface area contributed by atoms with Crippen molar-refractivity contribution in [2.24, 2.45) is 0 Å². The highest BCUT2D eigenvalue weighted by atomic mass is 19.4. The molecule has 6 N–H and O–H groups in total. The van der Waals surface area contributed by atoms with E-state index in [1.807, 2.05) is 0 Å². The summed E-state index contributed by atoms with van der Waals surface area (Å²) in [6, 6.07) is 6.85. The van der Waals surface area contributed by atoms with Gasteiger partial charge in [0.1, 0.15) is 30.2 Å². The Balaban J connectivity index is 2.05. The first-order valence-corrected chi connectivity index (χ1v) is 10.7. The van der Waals surface area contributed by atoms with E-state index in [0.29, 0.717) is 0 Å². The minimum Gasteiger partial charge on any atom is -0.461 e. The van der Waals surface area contributed by atoms with E-state index in [1.165, 1.54) is 38.4 Å². The molecule has 0 aliphatic carbocycles. The fourth-order valence-electron chi connectivity index (χ4n) is 3.67. The fourth-order valence-corrected chi connectivity index (χ4v) is 3.67. The molecule has 1 fully saturated rings. The second kappa shape index (κ2) is 10.8. The molecule has 1 aliphatic heterocycles. The molecule has 0 aromatic heterocycles.